The number of hydrogen-bond donors (Lipinski definition) is 3. The molecule has 0 bridgehead atoms. The number of aromatic amines is 2. The van der Waals surface area contributed by atoms with E-state index in [1.54, 1.807) is 18.6 Å². The maximum atomic E-state index is 11.9. The van der Waals surface area contributed by atoms with Gasteiger partial charge in [0.25, 0.3) is 0 Å². The molecule has 3 N–H and O–H groups in total. The summed E-state index contributed by atoms with van der Waals surface area (Å²) in [5, 5.41) is 11.3. The molecule has 0 aliphatic rings. The number of hydrogen-bond acceptors (Lipinski definition) is 5. The van der Waals surface area contributed by atoms with Crippen LogP contribution in [0.15, 0.2) is 55.0 Å². The van der Waals surface area contributed by atoms with Gasteiger partial charge in [0.2, 0.25) is 5.91 Å². The van der Waals surface area contributed by atoms with E-state index in [0.29, 0.717) is 23.6 Å². The molecule has 4 aromatic heterocycles. The first-order valence-corrected chi connectivity index (χ1v) is 9.76. The number of aromatic nitrogens is 6. The minimum Gasteiger partial charge on any atom is -0.335 e. The molecule has 0 spiro atoms. The smallest absolute Gasteiger partial charge is 0.224 e. The lowest BCUT2D eigenvalue weighted by Gasteiger charge is -2.07. The van der Waals surface area contributed by atoms with Crippen LogP contribution in [0.3, 0.4) is 0 Å². The molecule has 1 aromatic carbocycles. The molecule has 1 amide bonds. The van der Waals surface area contributed by atoms with Gasteiger partial charge in [0.1, 0.15) is 5.69 Å². The van der Waals surface area contributed by atoms with Gasteiger partial charge in [-0.2, -0.15) is 5.10 Å². The summed E-state index contributed by atoms with van der Waals surface area (Å²) in [6.45, 7) is 1.98. The summed E-state index contributed by atoms with van der Waals surface area (Å²) >= 11 is 0. The summed E-state index contributed by atoms with van der Waals surface area (Å²) in [4.78, 5) is 28.3. The highest BCUT2D eigenvalue weighted by molar-refractivity contribution is 5.96. The number of nitrogens with one attached hydrogen (secondary N) is 3. The zero-order valence-corrected chi connectivity index (χ0v) is 16.3. The van der Waals surface area contributed by atoms with Crippen LogP contribution in [0.25, 0.3) is 44.7 Å². The second-order valence-corrected chi connectivity index (χ2v) is 7.05. The first-order chi connectivity index (χ1) is 14.7. The van der Waals surface area contributed by atoms with Crippen molar-refractivity contribution in [1.29, 1.82) is 0 Å². The number of rotatable bonds is 5. The summed E-state index contributed by atoms with van der Waals surface area (Å²) in [5.74, 6) is 0.647. The zero-order valence-electron chi connectivity index (χ0n) is 16.3. The number of anilines is 1. The average molecular weight is 397 g/mol. The van der Waals surface area contributed by atoms with Gasteiger partial charge in [-0.05, 0) is 42.3 Å². The molecule has 0 radical (unpaired) electrons. The summed E-state index contributed by atoms with van der Waals surface area (Å²) in [6.07, 6.45) is 6.44. The van der Waals surface area contributed by atoms with Crippen LogP contribution in [0, 0.1) is 0 Å². The lowest BCUT2D eigenvalue weighted by atomic mass is 10.0. The fourth-order valence-corrected chi connectivity index (χ4v) is 3.45. The number of H-pyrrole nitrogens is 2. The maximum absolute atomic E-state index is 11.9. The van der Waals surface area contributed by atoms with Gasteiger partial charge >= 0.3 is 0 Å². The Balaban J connectivity index is 1.54. The Kier molecular flexibility index (Phi) is 4.44. The Morgan fingerprint density at radius 1 is 1.10 bits per heavy atom. The first kappa shape index (κ1) is 18.0. The highest BCUT2D eigenvalue weighted by Crippen LogP contribution is 2.30. The molecule has 0 fully saturated rings. The van der Waals surface area contributed by atoms with Crippen LogP contribution < -0.4 is 5.32 Å². The van der Waals surface area contributed by atoms with Crippen molar-refractivity contribution in [2.75, 3.05) is 5.32 Å². The van der Waals surface area contributed by atoms with Crippen LogP contribution >= 0.6 is 0 Å². The van der Waals surface area contributed by atoms with E-state index in [1.807, 2.05) is 43.3 Å². The summed E-state index contributed by atoms with van der Waals surface area (Å²) < 4.78 is 0. The molecule has 148 valence electrons. The Morgan fingerprint density at radius 2 is 2.03 bits per heavy atom. The van der Waals surface area contributed by atoms with E-state index >= 15 is 0 Å². The maximum Gasteiger partial charge on any atom is 0.224 e. The van der Waals surface area contributed by atoms with Crippen LogP contribution in [-0.2, 0) is 4.79 Å². The third-order valence-electron chi connectivity index (χ3n) is 4.88. The number of nitrogens with zero attached hydrogens (tertiary/aromatic N) is 4. The molecule has 8 nitrogen and oxygen atoms in total. The van der Waals surface area contributed by atoms with Crippen molar-refractivity contribution in [1.82, 2.24) is 30.1 Å². The van der Waals surface area contributed by atoms with Gasteiger partial charge in [0.05, 0.1) is 22.9 Å². The van der Waals surface area contributed by atoms with Gasteiger partial charge in [0, 0.05) is 29.8 Å². The predicted molar refractivity (Wildman–Crippen MR) is 116 cm³/mol. The average Bonchev–Trinajstić information content (AvgIpc) is 3.37. The molecule has 5 rings (SSSR count). The number of amides is 1. The van der Waals surface area contributed by atoms with Crippen LogP contribution in [0.5, 0.6) is 0 Å². The van der Waals surface area contributed by atoms with Gasteiger partial charge in [-0.25, -0.2) is 9.97 Å². The number of benzene rings is 1. The minimum atomic E-state index is -0.0116. The lowest BCUT2D eigenvalue weighted by Crippen LogP contribution is -2.10. The van der Waals surface area contributed by atoms with Crippen molar-refractivity contribution in [2.45, 2.75) is 19.8 Å². The molecule has 0 aliphatic heterocycles. The molecule has 4 heterocycles. The third kappa shape index (κ3) is 3.28. The van der Waals surface area contributed by atoms with E-state index < -0.39 is 0 Å². The van der Waals surface area contributed by atoms with Crippen molar-refractivity contribution >= 4 is 33.7 Å². The van der Waals surface area contributed by atoms with Crippen LogP contribution in [0.1, 0.15) is 19.8 Å². The molecule has 0 saturated carbocycles. The molecule has 8 heteroatoms. The van der Waals surface area contributed by atoms with Gasteiger partial charge in [-0.15, -0.1) is 0 Å². The molecule has 5 aromatic rings. The van der Waals surface area contributed by atoms with Gasteiger partial charge in [-0.3, -0.25) is 14.9 Å². The molecule has 0 aliphatic carbocycles. The Bertz CT molecular complexity index is 1340. The predicted octanol–water partition coefficient (Wildman–Crippen LogP) is 4.30. The van der Waals surface area contributed by atoms with E-state index in [9.17, 15) is 4.79 Å². The van der Waals surface area contributed by atoms with E-state index in [-0.39, 0.29) is 5.91 Å². The van der Waals surface area contributed by atoms with Crippen molar-refractivity contribution in [3.8, 4) is 22.6 Å². The second kappa shape index (κ2) is 7.40. The highest BCUT2D eigenvalue weighted by atomic mass is 16.1. The van der Waals surface area contributed by atoms with Crippen molar-refractivity contribution < 1.29 is 4.79 Å². The normalized spacial score (nSPS) is 11.2. The number of carbonyl (C=O) groups excluding carboxylic acids is 1. The molecule has 0 atom stereocenters. The largest absolute Gasteiger partial charge is 0.335 e. The Hall–Kier alpha value is -4.07. The van der Waals surface area contributed by atoms with E-state index in [2.05, 4.69) is 35.5 Å². The van der Waals surface area contributed by atoms with Crippen molar-refractivity contribution in [3.63, 3.8) is 0 Å². The van der Waals surface area contributed by atoms with Crippen LogP contribution in [0.2, 0.25) is 0 Å². The number of pyridine rings is 2. The van der Waals surface area contributed by atoms with E-state index in [0.717, 1.165) is 39.7 Å². The topological polar surface area (TPSA) is 112 Å². The third-order valence-corrected chi connectivity index (χ3v) is 4.88. The Labute approximate surface area is 171 Å². The van der Waals surface area contributed by atoms with E-state index in [1.165, 1.54) is 0 Å². The summed E-state index contributed by atoms with van der Waals surface area (Å²) in [5.41, 5.74) is 5.71. The second-order valence-electron chi connectivity index (χ2n) is 7.05. The molecule has 0 saturated heterocycles. The molecular formula is C22H19N7O. The van der Waals surface area contributed by atoms with Gasteiger partial charge in [-0.1, -0.05) is 13.0 Å². The summed E-state index contributed by atoms with van der Waals surface area (Å²) in [7, 11) is 0. The van der Waals surface area contributed by atoms with Gasteiger partial charge in [0.15, 0.2) is 11.5 Å². The lowest BCUT2D eigenvalue weighted by molar-refractivity contribution is -0.116. The minimum absolute atomic E-state index is 0.0116. The molecule has 30 heavy (non-hydrogen) atoms. The number of fused-ring (bicyclic) bond motifs is 2. The van der Waals surface area contributed by atoms with Crippen molar-refractivity contribution in [2.24, 2.45) is 0 Å². The Morgan fingerprint density at radius 3 is 2.90 bits per heavy atom. The number of carbonyl (C=O) groups is 1. The molecule has 0 unspecified atom stereocenters. The fraction of sp³-hybridized carbons (Fsp3) is 0.136. The zero-order chi connectivity index (χ0) is 20.5. The van der Waals surface area contributed by atoms with Crippen LogP contribution in [-0.4, -0.2) is 36.0 Å². The first-order valence-electron chi connectivity index (χ1n) is 9.76. The van der Waals surface area contributed by atoms with Gasteiger partial charge < -0.3 is 10.3 Å². The number of imidazole rings is 1. The summed E-state index contributed by atoms with van der Waals surface area (Å²) in [6, 6.07) is 11.7. The highest BCUT2D eigenvalue weighted by Gasteiger charge is 2.14. The fourth-order valence-electron chi connectivity index (χ4n) is 3.45. The quantitative estimate of drug-likeness (QED) is 0.409. The van der Waals surface area contributed by atoms with E-state index in [4.69, 9.17) is 0 Å². The van der Waals surface area contributed by atoms with Crippen molar-refractivity contribution in [3.05, 3.63) is 55.0 Å². The molecular weight excluding hydrogens is 378 g/mol. The monoisotopic (exact) mass is 397 g/mol. The standard InChI is InChI=1S/C22H19N7O/c1-2-4-19(30)25-15-9-14(11-23-12-15)13-6-7-17-16(10-13)20(29-28-17)22-26-18-5-3-8-24-21(18)27-22/h3,5-12H,2,4H2,1H3,(H,25,30)(H,28,29)(H,24,26,27). The van der Waals surface area contributed by atoms with Crippen LogP contribution in [0.4, 0.5) is 5.69 Å². The SMILES string of the molecule is CCCC(=O)Nc1cncc(-c2ccc3[nH]nc(-c4nc5ncccc5[nH]4)c3c2)c1.